The molecule has 7 heteroatoms. The molecule has 1 aromatic carbocycles. The molecule has 0 fully saturated rings. The first-order valence-corrected chi connectivity index (χ1v) is 7.49. The van der Waals surface area contributed by atoms with E-state index in [1.807, 2.05) is 22.6 Å². The largest absolute Gasteiger partial charge is 0.490 e. The predicted molar refractivity (Wildman–Crippen MR) is 85.6 cm³/mol. The van der Waals surface area contributed by atoms with Gasteiger partial charge in [0, 0.05) is 6.54 Å². The van der Waals surface area contributed by atoms with E-state index in [1.165, 1.54) is 7.11 Å². The number of methoxy groups -OCH3 is 1. The molecular formula is C13H19IN2O4. The fourth-order valence-electron chi connectivity index (χ4n) is 1.82. The van der Waals surface area contributed by atoms with Gasteiger partial charge in [-0.05, 0) is 47.8 Å². The molecule has 0 aliphatic heterocycles. The average molecular weight is 394 g/mol. The van der Waals surface area contributed by atoms with Crippen LogP contribution in [-0.2, 0) is 0 Å². The van der Waals surface area contributed by atoms with Crippen LogP contribution in [0.2, 0.25) is 0 Å². The fourth-order valence-corrected chi connectivity index (χ4v) is 2.41. The summed E-state index contributed by atoms with van der Waals surface area (Å²) in [5, 5.41) is 11.2. The van der Waals surface area contributed by atoms with Crippen molar-refractivity contribution >= 4 is 28.3 Å². The molecule has 0 amide bonds. The Labute approximate surface area is 132 Å². The number of likely N-dealkylation sites (N-methyl/N-ethyl adjacent to an activating group) is 1. The molecule has 0 heterocycles. The Morgan fingerprint density at radius 3 is 2.50 bits per heavy atom. The van der Waals surface area contributed by atoms with E-state index in [9.17, 15) is 10.1 Å². The molecule has 0 aliphatic rings. The van der Waals surface area contributed by atoms with E-state index in [2.05, 4.69) is 18.7 Å². The Hall–Kier alpha value is -1.09. The SMILES string of the molecule is CCN(CC)CCOc1c(I)ccc(OC)c1[N+](=O)[O-]. The number of halogens is 1. The lowest BCUT2D eigenvalue weighted by molar-refractivity contribution is -0.386. The Bertz CT molecular complexity index is 464. The molecule has 0 aromatic heterocycles. The summed E-state index contributed by atoms with van der Waals surface area (Å²) in [7, 11) is 1.41. The van der Waals surface area contributed by atoms with Crippen LogP contribution in [0, 0.1) is 13.7 Å². The zero-order valence-corrected chi connectivity index (χ0v) is 14.0. The second-order valence-corrected chi connectivity index (χ2v) is 5.22. The van der Waals surface area contributed by atoms with Crippen LogP contribution in [0.15, 0.2) is 12.1 Å². The molecule has 1 aromatic rings. The maximum absolute atomic E-state index is 11.2. The van der Waals surface area contributed by atoms with Gasteiger partial charge >= 0.3 is 5.69 Å². The van der Waals surface area contributed by atoms with E-state index in [4.69, 9.17) is 9.47 Å². The van der Waals surface area contributed by atoms with E-state index in [-0.39, 0.29) is 17.2 Å². The van der Waals surface area contributed by atoms with Crippen molar-refractivity contribution in [2.75, 3.05) is 33.4 Å². The third-order valence-electron chi connectivity index (χ3n) is 3.00. The molecule has 0 bridgehead atoms. The number of nitro benzene ring substituents is 1. The minimum absolute atomic E-state index is 0.112. The number of hydrogen-bond acceptors (Lipinski definition) is 5. The lowest BCUT2D eigenvalue weighted by atomic mass is 10.2. The summed E-state index contributed by atoms with van der Waals surface area (Å²) in [6.45, 7) is 7.14. The van der Waals surface area contributed by atoms with Gasteiger partial charge in [0.1, 0.15) is 6.61 Å². The van der Waals surface area contributed by atoms with Gasteiger partial charge in [0.15, 0.2) is 0 Å². The number of benzene rings is 1. The van der Waals surface area contributed by atoms with Crippen LogP contribution in [-0.4, -0.2) is 43.2 Å². The van der Waals surface area contributed by atoms with Crippen molar-refractivity contribution in [3.8, 4) is 11.5 Å². The average Bonchev–Trinajstić information content (AvgIpc) is 2.44. The van der Waals surface area contributed by atoms with Crippen LogP contribution in [0.5, 0.6) is 11.5 Å². The standard InChI is InChI=1S/C13H19IN2O4/c1-4-15(5-2)8-9-20-13-10(14)6-7-11(19-3)12(13)16(17)18/h6-7H,4-5,8-9H2,1-3H3. The summed E-state index contributed by atoms with van der Waals surface area (Å²) < 4.78 is 11.4. The summed E-state index contributed by atoms with van der Waals surface area (Å²) in [6.07, 6.45) is 0. The number of rotatable bonds is 8. The summed E-state index contributed by atoms with van der Waals surface area (Å²) in [6, 6.07) is 3.33. The highest BCUT2D eigenvalue weighted by atomic mass is 127. The molecular weight excluding hydrogens is 375 g/mol. The van der Waals surface area contributed by atoms with Crippen molar-refractivity contribution in [1.29, 1.82) is 0 Å². The molecule has 0 saturated heterocycles. The van der Waals surface area contributed by atoms with Gasteiger partial charge in [0.2, 0.25) is 11.5 Å². The summed E-state index contributed by atoms with van der Waals surface area (Å²) in [5.41, 5.74) is -0.112. The Balaban J connectivity index is 2.90. The monoisotopic (exact) mass is 394 g/mol. The van der Waals surface area contributed by atoms with Crippen LogP contribution in [0.3, 0.4) is 0 Å². The second-order valence-electron chi connectivity index (χ2n) is 4.06. The van der Waals surface area contributed by atoms with Gasteiger partial charge in [-0.15, -0.1) is 0 Å². The molecule has 112 valence electrons. The lowest BCUT2D eigenvalue weighted by Crippen LogP contribution is -2.28. The Morgan fingerprint density at radius 1 is 1.35 bits per heavy atom. The maximum atomic E-state index is 11.2. The summed E-state index contributed by atoms with van der Waals surface area (Å²) >= 11 is 2.03. The Kier molecular flexibility index (Phi) is 7.00. The number of ether oxygens (including phenoxy) is 2. The van der Waals surface area contributed by atoms with E-state index in [0.717, 1.165) is 19.6 Å². The molecule has 6 nitrogen and oxygen atoms in total. The number of nitro groups is 1. The van der Waals surface area contributed by atoms with Gasteiger partial charge in [0.05, 0.1) is 15.6 Å². The van der Waals surface area contributed by atoms with Crippen molar-refractivity contribution in [2.24, 2.45) is 0 Å². The van der Waals surface area contributed by atoms with Crippen molar-refractivity contribution < 1.29 is 14.4 Å². The first kappa shape index (κ1) is 17.0. The van der Waals surface area contributed by atoms with Gasteiger partial charge in [-0.2, -0.15) is 0 Å². The molecule has 0 saturated carbocycles. The van der Waals surface area contributed by atoms with Crippen LogP contribution in [0.1, 0.15) is 13.8 Å². The highest BCUT2D eigenvalue weighted by Gasteiger charge is 2.25. The highest BCUT2D eigenvalue weighted by molar-refractivity contribution is 14.1. The van der Waals surface area contributed by atoms with Crippen molar-refractivity contribution in [2.45, 2.75) is 13.8 Å². The molecule has 0 radical (unpaired) electrons. The normalized spacial score (nSPS) is 10.7. The first-order valence-electron chi connectivity index (χ1n) is 6.41. The van der Waals surface area contributed by atoms with Gasteiger partial charge in [-0.3, -0.25) is 10.1 Å². The zero-order chi connectivity index (χ0) is 15.1. The van der Waals surface area contributed by atoms with Gasteiger partial charge < -0.3 is 14.4 Å². The van der Waals surface area contributed by atoms with Crippen LogP contribution < -0.4 is 9.47 Å². The van der Waals surface area contributed by atoms with Gasteiger partial charge in [-0.1, -0.05) is 13.8 Å². The minimum atomic E-state index is -0.465. The first-order chi connectivity index (χ1) is 9.54. The molecule has 0 aliphatic carbocycles. The van der Waals surface area contributed by atoms with Crippen LogP contribution in [0.4, 0.5) is 5.69 Å². The number of nitrogens with zero attached hydrogens (tertiary/aromatic N) is 2. The molecule has 0 spiro atoms. The molecule has 0 unspecified atom stereocenters. The lowest BCUT2D eigenvalue weighted by Gasteiger charge is -2.18. The quantitative estimate of drug-likeness (QED) is 0.386. The van der Waals surface area contributed by atoms with E-state index >= 15 is 0 Å². The van der Waals surface area contributed by atoms with Gasteiger partial charge in [0.25, 0.3) is 0 Å². The van der Waals surface area contributed by atoms with Crippen molar-refractivity contribution in [1.82, 2.24) is 4.90 Å². The maximum Gasteiger partial charge on any atom is 0.353 e. The van der Waals surface area contributed by atoms with E-state index in [0.29, 0.717) is 10.2 Å². The highest BCUT2D eigenvalue weighted by Crippen LogP contribution is 2.40. The molecule has 0 atom stereocenters. The van der Waals surface area contributed by atoms with Crippen molar-refractivity contribution in [3.05, 3.63) is 25.8 Å². The molecule has 1 rings (SSSR count). The smallest absolute Gasteiger partial charge is 0.353 e. The van der Waals surface area contributed by atoms with Gasteiger partial charge in [-0.25, -0.2) is 0 Å². The van der Waals surface area contributed by atoms with E-state index in [1.54, 1.807) is 12.1 Å². The van der Waals surface area contributed by atoms with E-state index < -0.39 is 4.92 Å². The second kappa shape index (κ2) is 8.25. The summed E-state index contributed by atoms with van der Waals surface area (Å²) in [4.78, 5) is 12.9. The zero-order valence-electron chi connectivity index (χ0n) is 11.9. The predicted octanol–water partition coefficient (Wildman–Crippen LogP) is 2.93. The molecule has 0 N–H and O–H groups in total. The Morgan fingerprint density at radius 2 is 2.00 bits per heavy atom. The fraction of sp³-hybridized carbons (Fsp3) is 0.538. The minimum Gasteiger partial charge on any atom is -0.490 e. The number of hydrogen-bond donors (Lipinski definition) is 0. The van der Waals surface area contributed by atoms with Crippen LogP contribution >= 0.6 is 22.6 Å². The topological polar surface area (TPSA) is 64.8 Å². The third-order valence-corrected chi connectivity index (χ3v) is 3.85. The third kappa shape index (κ3) is 4.20. The van der Waals surface area contributed by atoms with Crippen molar-refractivity contribution in [3.63, 3.8) is 0 Å². The van der Waals surface area contributed by atoms with Crippen LogP contribution in [0.25, 0.3) is 0 Å². The molecule has 20 heavy (non-hydrogen) atoms. The summed E-state index contributed by atoms with van der Waals surface area (Å²) in [5.74, 6) is 0.496.